The first-order chi connectivity index (χ1) is 20.6. The van der Waals surface area contributed by atoms with Gasteiger partial charge in [0.25, 0.3) is 0 Å². The third-order valence-electron chi connectivity index (χ3n) is 7.32. The van der Waals surface area contributed by atoms with E-state index in [-0.39, 0.29) is 11.3 Å². The molecule has 0 aromatic heterocycles. The normalized spacial score (nSPS) is 14.5. The first-order valence-corrected chi connectivity index (χ1v) is 14.1. The van der Waals surface area contributed by atoms with Gasteiger partial charge >= 0.3 is 5.97 Å². The highest BCUT2D eigenvalue weighted by molar-refractivity contribution is 5.88. The summed E-state index contributed by atoms with van der Waals surface area (Å²) in [6.45, 7) is 8.93. The second-order valence-corrected chi connectivity index (χ2v) is 11.6. The number of esters is 1. The SMILES string of the molecule is Cc1ccc(COc2cccc(C3C(C#N)=C(N)Oc4cc(OC(=O)/C=C/c5ccc(C(C)(C)C)cc5)ccc43)c2)cc1. The summed E-state index contributed by atoms with van der Waals surface area (Å²) < 4.78 is 17.4. The molecule has 0 saturated carbocycles. The van der Waals surface area contributed by atoms with E-state index in [1.165, 1.54) is 17.2 Å². The smallest absolute Gasteiger partial charge is 0.336 e. The lowest BCUT2D eigenvalue weighted by Crippen LogP contribution is -2.21. The number of nitrogens with two attached hydrogens (primary N) is 1. The van der Waals surface area contributed by atoms with Crippen molar-refractivity contribution in [3.05, 3.63) is 142 Å². The molecule has 0 fully saturated rings. The van der Waals surface area contributed by atoms with Gasteiger partial charge in [0.2, 0.25) is 5.88 Å². The number of hydrogen-bond donors (Lipinski definition) is 1. The standard InChI is InChI=1S/C37H34N2O4/c1-24-8-10-26(11-9-24)23-41-29-7-5-6-27(20-29)35-31-18-17-30(21-33(31)43-36(39)32(35)22-38)42-34(40)19-14-25-12-15-28(16-13-25)37(2,3)4/h5-21,35H,23,39H2,1-4H3/b19-14+. The predicted molar refractivity (Wildman–Crippen MR) is 168 cm³/mol. The molecule has 1 aliphatic heterocycles. The molecule has 5 rings (SSSR count). The number of ether oxygens (including phenoxy) is 3. The predicted octanol–water partition coefficient (Wildman–Crippen LogP) is 7.71. The molecule has 0 spiro atoms. The Morgan fingerprint density at radius 1 is 0.977 bits per heavy atom. The zero-order valence-corrected chi connectivity index (χ0v) is 24.8. The van der Waals surface area contributed by atoms with Crippen LogP contribution < -0.4 is 19.9 Å². The summed E-state index contributed by atoms with van der Waals surface area (Å²) in [5.74, 6) is 0.405. The molecule has 43 heavy (non-hydrogen) atoms. The molecule has 1 unspecified atom stereocenters. The number of hydrogen-bond acceptors (Lipinski definition) is 6. The molecule has 0 radical (unpaired) electrons. The van der Waals surface area contributed by atoms with Crippen LogP contribution in [0.4, 0.5) is 0 Å². The van der Waals surface area contributed by atoms with Crippen molar-refractivity contribution in [2.45, 2.75) is 45.6 Å². The van der Waals surface area contributed by atoms with Crippen molar-refractivity contribution < 1.29 is 19.0 Å². The van der Waals surface area contributed by atoms with Crippen LogP contribution in [0.3, 0.4) is 0 Å². The molecule has 2 N–H and O–H groups in total. The maximum atomic E-state index is 12.6. The lowest BCUT2D eigenvalue weighted by molar-refractivity contribution is -0.128. The topological polar surface area (TPSA) is 94.6 Å². The van der Waals surface area contributed by atoms with Gasteiger partial charge in [0.1, 0.15) is 35.5 Å². The first-order valence-electron chi connectivity index (χ1n) is 14.1. The number of nitriles is 1. The minimum Gasteiger partial charge on any atom is -0.489 e. The Morgan fingerprint density at radius 3 is 2.42 bits per heavy atom. The molecule has 1 heterocycles. The van der Waals surface area contributed by atoms with Crippen molar-refractivity contribution in [1.82, 2.24) is 0 Å². The van der Waals surface area contributed by atoms with Crippen molar-refractivity contribution in [1.29, 1.82) is 5.26 Å². The van der Waals surface area contributed by atoms with Crippen molar-refractivity contribution in [3.8, 4) is 23.3 Å². The third kappa shape index (κ3) is 6.97. The Morgan fingerprint density at radius 2 is 1.72 bits per heavy atom. The van der Waals surface area contributed by atoms with Gasteiger partial charge in [-0.3, -0.25) is 0 Å². The van der Waals surface area contributed by atoms with E-state index in [1.807, 2.05) is 67.6 Å². The number of nitrogens with zero attached hydrogens (tertiary/aromatic N) is 1. The van der Waals surface area contributed by atoms with Crippen LogP contribution in [0.2, 0.25) is 0 Å². The molecular formula is C37H34N2O4. The maximum absolute atomic E-state index is 12.6. The lowest BCUT2D eigenvalue weighted by atomic mass is 9.83. The van der Waals surface area contributed by atoms with Crippen LogP contribution in [0, 0.1) is 18.3 Å². The summed E-state index contributed by atoms with van der Waals surface area (Å²) in [6, 6.07) is 31.1. The largest absolute Gasteiger partial charge is 0.489 e. The van der Waals surface area contributed by atoms with Gasteiger partial charge in [-0.1, -0.05) is 93.1 Å². The van der Waals surface area contributed by atoms with E-state index >= 15 is 0 Å². The number of rotatable bonds is 7. The first kappa shape index (κ1) is 29.2. The van der Waals surface area contributed by atoms with Crippen molar-refractivity contribution in [3.63, 3.8) is 0 Å². The van der Waals surface area contributed by atoms with Crippen LogP contribution in [0.15, 0.2) is 109 Å². The van der Waals surface area contributed by atoms with E-state index < -0.39 is 11.9 Å². The van der Waals surface area contributed by atoms with Crippen LogP contribution >= 0.6 is 0 Å². The fourth-order valence-corrected chi connectivity index (χ4v) is 4.89. The minimum absolute atomic E-state index is 0.00746. The zero-order valence-electron chi connectivity index (χ0n) is 24.8. The number of carbonyl (C=O) groups excluding carboxylic acids is 1. The van der Waals surface area contributed by atoms with Crippen LogP contribution in [0.25, 0.3) is 6.08 Å². The van der Waals surface area contributed by atoms with Gasteiger partial charge in [0, 0.05) is 17.7 Å². The summed E-state index contributed by atoms with van der Waals surface area (Å²) in [5.41, 5.74) is 12.5. The highest BCUT2D eigenvalue weighted by Gasteiger charge is 2.31. The van der Waals surface area contributed by atoms with Crippen LogP contribution in [0.1, 0.15) is 60.1 Å². The Kier molecular flexibility index (Phi) is 8.36. The van der Waals surface area contributed by atoms with E-state index in [0.29, 0.717) is 29.4 Å². The number of aryl methyl sites for hydroxylation is 1. The molecule has 0 bridgehead atoms. The molecule has 216 valence electrons. The van der Waals surface area contributed by atoms with E-state index in [0.717, 1.165) is 22.3 Å². The summed E-state index contributed by atoms with van der Waals surface area (Å²) in [6.07, 6.45) is 3.10. The third-order valence-corrected chi connectivity index (χ3v) is 7.32. The summed E-state index contributed by atoms with van der Waals surface area (Å²) in [4.78, 5) is 12.6. The molecule has 0 saturated heterocycles. The average Bonchev–Trinajstić information content (AvgIpc) is 2.99. The van der Waals surface area contributed by atoms with Crippen LogP contribution in [0.5, 0.6) is 17.2 Å². The summed E-state index contributed by atoms with van der Waals surface area (Å²) in [5, 5.41) is 9.97. The molecule has 1 aliphatic rings. The molecule has 6 heteroatoms. The van der Waals surface area contributed by atoms with Crippen molar-refractivity contribution in [2.24, 2.45) is 5.73 Å². The van der Waals surface area contributed by atoms with E-state index in [1.54, 1.807) is 24.3 Å². The quantitative estimate of drug-likeness (QED) is 0.139. The molecular weight excluding hydrogens is 536 g/mol. The number of allylic oxidation sites excluding steroid dienone is 1. The van der Waals surface area contributed by atoms with Gasteiger partial charge in [0.05, 0.1) is 5.92 Å². The fraction of sp³-hybridized carbons (Fsp3) is 0.189. The molecule has 1 atom stereocenters. The zero-order chi connectivity index (χ0) is 30.6. The minimum atomic E-state index is -0.521. The van der Waals surface area contributed by atoms with Gasteiger partial charge in [-0.25, -0.2) is 4.79 Å². The lowest BCUT2D eigenvalue weighted by Gasteiger charge is -2.27. The van der Waals surface area contributed by atoms with Gasteiger partial charge < -0.3 is 19.9 Å². The molecule has 0 aliphatic carbocycles. The number of carbonyl (C=O) groups is 1. The molecule has 0 amide bonds. The van der Waals surface area contributed by atoms with Gasteiger partial charge in [-0.15, -0.1) is 0 Å². The van der Waals surface area contributed by atoms with E-state index in [9.17, 15) is 10.1 Å². The van der Waals surface area contributed by atoms with E-state index in [2.05, 4.69) is 39.0 Å². The second-order valence-electron chi connectivity index (χ2n) is 11.6. The Labute approximate surface area is 252 Å². The molecule has 6 nitrogen and oxygen atoms in total. The van der Waals surface area contributed by atoms with Crippen LogP contribution in [-0.4, -0.2) is 5.97 Å². The highest BCUT2D eigenvalue weighted by Crippen LogP contribution is 2.44. The monoisotopic (exact) mass is 570 g/mol. The summed E-state index contributed by atoms with van der Waals surface area (Å²) >= 11 is 0. The fourth-order valence-electron chi connectivity index (χ4n) is 4.89. The average molecular weight is 571 g/mol. The van der Waals surface area contributed by atoms with Gasteiger partial charge in [0.15, 0.2) is 0 Å². The number of benzene rings is 4. The van der Waals surface area contributed by atoms with Crippen LogP contribution in [-0.2, 0) is 16.8 Å². The molecule has 4 aromatic carbocycles. The maximum Gasteiger partial charge on any atom is 0.336 e. The van der Waals surface area contributed by atoms with E-state index in [4.69, 9.17) is 19.9 Å². The van der Waals surface area contributed by atoms with Gasteiger partial charge in [-0.05, 0) is 58.9 Å². The Hall–Kier alpha value is -5.28. The van der Waals surface area contributed by atoms with Crippen molar-refractivity contribution in [2.75, 3.05) is 0 Å². The van der Waals surface area contributed by atoms with Gasteiger partial charge in [-0.2, -0.15) is 5.26 Å². The second kappa shape index (κ2) is 12.3. The van der Waals surface area contributed by atoms with Crippen molar-refractivity contribution >= 4 is 12.0 Å². The Balaban J connectivity index is 1.33. The molecule has 4 aromatic rings. The summed E-state index contributed by atoms with van der Waals surface area (Å²) in [7, 11) is 0. The highest BCUT2D eigenvalue weighted by atomic mass is 16.5. The number of fused-ring (bicyclic) bond motifs is 1. The Bertz CT molecular complexity index is 1740.